The summed E-state index contributed by atoms with van der Waals surface area (Å²) in [7, 11) is 0. The molecule has 0 spiro atoms. The lowest BCUT2D eigenvalue weighted by Gasteiger charge is -2.26. The number of rotatable bonds is 5. The summed E-state index contributed by atoms with van der Waals surface area (Å²) in [6.45, 7) is 0.239. The lowest BCUT2D eigenvalue weighted by atomic mass is 10.1. The smallest absolute Gasteiger partial charge is 0.323 e. The molecule has 116 valence electrons. The Labute approximate surface area is 124 Å². The zero-order valence-corrected chi connectivity index (χ0v) is 12.2. The quantitative estimate of drug-likeness (QED) is 0.815. The van der Waals surface area contributed by atoms with E-state index in [-0.39, 0.29) is 36.7 Å². The summed E-state index contributed by atoms with van der Waals surface area (Å²) in [6, 6.07) is 0.369. The van der Waals surface area contributed by atoms with Crippen LogP contribution in [0.3, 0.4) is 0 Å². The van der Waals surface area contributed by atoms with E-state index in [0.717, 1.165) is 38.5 Å². The third kappa shape index (κ3) is 3.04. The predicted octanol–water partition coefficient (Wildman–Crippen LogP) is 0.853. The number of hydrogen-bond acceptors (Lipinski definition) is 3. The largest absolute Gasteiger partial charge is 0.480 e. The molecule has 2 aliphatic carbocycles. The minimum atomic E-state index is -0.979. The molecule has 0 radical (unpaired) electrons. The molecule has 1 heterocycles. The number of carbonyl (C=O) groups is 3. The van der Waals surface area contributed by atoms with Crippen molar-refractivity contribution in [2.45, 2.75) is 57.0 Å². The van der Waals surface area contributed by atoms with Crippen LogP contribution in [0.25, 0.3) is 0 Å². The van der Waals surface area contributed by atoms with Gasteiger partial charge in [0, 0.05) is 25.0 Å². The number of carboxylic acid groups (broad SMARTS) is 1. The standard InChI is InChI=1S/C15H22N2O4/c18-13-7-10(8-16(13)11-3-1-2-4-11)15(21)17(9-14(19)20)12-5-6-12/h10-12H,1-9H2,(H,19,20)/t10-/m1/s1. The maximum absolute atomic E-state index is 12.6. The molecular formula is C15H22N2O4. The van der Waals surface area contributed by atoms with E-state index in [1.54, 1.807) is 0 Å². The van der Waals surface area contributed by atoms with Gasteiger partial charge in [0.15, 0.2) is 0 Å². The van der Waals surface area contributed by atoms with E-state index in [4.69, 9.17) is 5.11 Å². The molecule has 6 heteroatoms. The first-order valence-corrected chi connectivity index (χ1v) is 7.88. The van der Waals surface area contributed by atoms with Crippen LogP contribution >= 0.6 is 0 Å². The number of nitrogens with zero attached hydrogens (tertiary/aromatic N) is 2. The Morgan fingerprint density at radius 3 is 2.43 bits per heavy atom. The Morgan fingerprint density at radius 2 is 1.86 bits per heavy atom. The van der Waals surface area contributed by atoms with E-state index in [1.165, 1.54) is 4.90 Å². The summed E-state index contributed by atoms with van der Waals surface area (Å²) in [5.41, 5.74) is 0. The molecule has 21 heavy (non-hydrogen) atoms. The summed E-state index contributed by atoms with van der Waals surface area (Å²) >= 11 is 0. The highest BCUT2D eigenvalue weighted by molar-refractivity contribution is 5.91. The van der Waals surface area contributed by atoms with E-state index in [1.807, 2.05) is 4.90 Å². The van der Waals surface area contributed by atoms with E-state index >= 15 is 0 Å². The van der Waals surface area contributed by atoms with Crippen molar-refractivity contribution in [3.05, 3.63) is 0 Å². The van der Waals surface area contributed by atoms with Gasteiger partial charge in [0.1, 0.15) is 6.54 Å². The van der Waals surface area contributed by atoms with Gasteiger partial charge >= 0.3 is 5.97 Å². The number of carbonyl (C=O) groups excluding carboxylic acids is 2. The molecule has 1 N–H and O–H groups in total. The number of hydrogen-bond donors (Lipinski definition) is 1. The summed E-state index contributed by atoms with van der Waals surface area (Å²) < 4.78 is 0. The highest BCUT2D eigenvalue weighted by Gasteiger charge is 2.43. The molecule has 3 rings (SSSR count). The predicted molar refractivity (Wildman–Crippen MR) is 74.4 cm³/mol. The molecule has 0 bridgehead atoms. The third-order valence-corrected chi connectivity index (χ3v) is 4.85. The Kier molecular flexibility index (Phi) is 3.87. The average molecular weight is 294 g/mol. The maximum Gasteiger partial charge on any atom is 0.323 e. The van der Waals surface area contributed by atoms with Gasteiger partial charge in [-0.2, -0.15) is 0 Å². The van der Waals surface area contributed by atoms with Crippen LogP contribution < -0.4 is 0 Å². The average Bonchev–Trinajstić information content (AvgIpc) is 2.98. The minimum Gasteiger partial charge on any atom is -0.480 e. The van der Waals surface area contributed by atoms with Crippen LogP contribution in [0.2, 0.25) is 0 Å². The van der Waals surface area contributed by atoms with E-state index in [0.29, 0.717) is 12.6 Å². The number of aliphatic carboxylic acids is 1. The molecule has 0 aromatic carbocycles. The zero-order chi connectivity index (χ0) is 15.0. The lowest BCUT2D eigenvalue weighted by molar-refractivity contribution is -0.146. The molecule has 3 aliphatic rings. The van der Waals surface area contributed by atoms with Crippen LogP contribution in [-0.2, 0) is 14.4 Å². The Morgan fingerprint density at radius 1 is 1.19 bits per heavy atom. The topological polar surface area (TPSA) is 77.9 Å². The fourth-order valence-corrected chi connectivity index (χ4v) is 3.62. The highest BCUT2D eigenvalue weighted by Crippen LogP contribution is 2.33. The summed E-state index contributed by atoms with van der Waals surface area (Å²) in [5.74, 6) is -1.41. The Balaban J connectivity index is 1.64. The van der Waals surface area contributed by atoms with Gasteiger partial charge in [-0.15, -0.1) is 0 Å². The highest BCUT2D eigenvalue weighted by atomic mass is 16.4. The van der Waals surface area contributed by atoms with Crippen molar-refractivity contribution in [3.63, 3.8) is 0 Å². The van der Waals surface area contributed by atoms with Crippen LogP contribution in [-0.4, -0.2) is 57.9 Å². The monoisotopic (exact) mass is 294 g/mol. The normalized spacial score (nSPS) is 26.4. The first-order valence-electron chi connectivity index (χ1n) is 7.88. The molecule has 0 unspecified atom stereocenters. The van der Waals surface area contributed by atoms with Crippen LogP contribution in [0.15, 0.2) is 0 Å². The number of carboxylic acids is 1. The van der Waals surface area contributed by atoms with Gasteiger partial charge in [0.2, 0.25) is 11.8 Å². The molecular weight excluding hydrogens is 272 g/mol. The van der Waals surface area contributed by atoms with Gasteiger partial charge in [0.25, 0.3) is 0 Å². The summed E-state index contributed by atoms with van der Waals surface area (Å²) in [6.07, 6.45) is 6.39. The second-order valence-electron chi connectivity index (χ2n) is 6.48. The second kappa shape index (κ2) is 5.66. The van der Waals surface area contributed by atoms with Crippen LogP contribution in [0, 0.1) is 5.92 Å². The Bertz CT molecular complexity index is 455. The maximum atomic E-state index is 12.6. The van der Waals surface area contributed by atoms with Crippen LogP contribution in [0.4, 0.5) is 0 Å². The van der Waals surface area contributed by atoms with E-state index in [9.17, 15) is 14.4 Å². The Hall–Kier alpha value is -1.59. The zero-order valence-electron chi connectivity index (χ0n) is 12.2. The van der Waals surface area contributed by atoms with Gasteiger partial charge in [-0.3, -0.25) is 14.4 Å². The molecule has 2 amide bonds. The number of amides is 2. The van der Waals surface area contributed by atoms with Gasteiger partial charge in [0.05, 0.1) is 5.92 Å². The molecule has 2 saturated carbocycles. The summed E-state index contributed by atoms with van der Waals surface area (Å²) in [4.78, 5) is 39.0. The van der Waals surface area contributed by atoms with Gasteiger partial charge in [-0.05, 0) is 25.7 Å². The molecule has 1 saturated heterocycles. The van der Waals surface area contributed by atoms with Crippen LogP contribution in [0.5, 0.6) is 0 Å². The molecule has 0 aromatic heterocycles. The van der Waals surface area contributed by atoms with Gasteiger partial charge in [-0.1, -0.05) is 12.8 Å². The van der Waals surface area contributed by atoms with Crippen LogP contribution in [0.1, 0.15) is 44.9 Å². The minimum absolute atomic E-state index is 0.0614. The van der Waals surface area contributed by atoms with Crippen molar-refractivity contribution < 1.29 is 19.5 Å². The fourth-order valence-electron chi connectivity index (χ4n) is 3.62. The van der Waals surface area contributed by atoms with Crippen molar-refractivity contribution in [2.75, 3.05) is 13.1 Å². The van der Waals surface area contributed by atoms with E-state index in [2.05, 4.69) is 0 Å². The van der Waals surface area contributed by atoms with E-state index < -0.39 is 5.97 Å². The fraction of sp³-hybridized carbons (Fsp3) is 0.800. The second-order valence-corrected chi connectivity index (χ2v) is 6.48. The third-order valence-electron chi connectivity index (χ3n) is 4.85. The van der Waals surface area contributed by atoms with Crippen molar-refractivity contribution in [3.8, 4) is 0 Å². The molecule has 1 atom stereocenters. The molecule has 6 nitrogen and oxygen atoms in total. The molecule has 3 fully saturated rings. The molecule has 0 aromatic rings. The first-order chi connectivity index (χ1) is 10.1. The first kappa shape index (κ1) is 14.4. The van der Waals surface area contributed by atoms with Gasteiger partial charge in [-0.25, -0.2) is 0 Å². The van der Waals surface area contributed by atoms with Crippen molar-refractivity contribution in [1.82, 2.24) is 9.80 Å². The molecule has 1 aliphatic heterocycles. The van der Waals surface area contributed by atoms with Crippen molar-refractivity contribution in [1.29, 1.82) is 0 Å². The van der Waals surface area contributed by atoms with Crippen molar-refractivity contribution >= 4 is 17.8 Å². The lowest BCUT2D eigenvalue weighted by Crippen LogP contribution is -2.42. The summed E-state index contributed by atoms with van der Waals surface area (Å²) in [5, 5.41) is 8.96. The van der Waals surface area contributed by atoms with Crippen molar-refractivity contribution in [2.24, 2.45) is 5.92 Å². The van der Waals surface area contributed by atoms with Gasteiger partial charge < -0.3 is 14.9 Å². The SMILES string of the molecule is O=C(O)CN(C(=O)[C@@H]1CC(=O)N(C2CCCC2)C1)C1CC1. The number of likely N-dealkylation sites (tertiary alicyclic amines) is 1.